The topological polar surface area (TPSA) is 70.2 Å². The minimum atomic E-state index is -4.41. The van der Waals surface area contributed by atoms with Crippen LogP contribution in [0.15, 0.2) is 48.8 Å². The predicted molar refractivity (Wildman–Crippen MR) is 116 cm³/mol. The zero-order chi connectivity index (χ0) is 22.9. The highest BCUT2D eigenvalue weighted by molar-refractivity contribution is 6.36. The standard InChI is InChI=1S/C21H16Cl2F3N5O/c22-13-3-6-18(16(23)9-13)30-20(32)31-8-7-17-15(10-31)19(28-11-27-17)29-14-4-1-12(2-5-14)21(24,25)26/h1-6,9,11H,7-8,10H2,(H,30,32)(H,27,28,29). The highest BCUT2D eigenvalue weighted by Gasteiger charge is 2.30. The fourth-order valence-electron chi connectivity index (χ4n) is 3.29. The van der Waals surface area contributed by atoms with E-state index in [0.29, 0.717) is 45.8 Å². The van der Waals surface area contributed by atoms with Crippen molar-refractivity contribution in [3.63, 3.8) is 0 Å². The van der Waals surface area contributed by atoms with E-state index in [1.54, 1.807) is 17.0 Å². The van der Waals surface area contributed by atoms with Gasteiger partial charge in [0.2, 0.25) is 0 Å². The van der Waals surface area contributed by atoms with Gasteiger partial charge in [-0.25, -0.2) is 14.8 Å². The second-order valence-corrected chi connectivity index (χ2v) is 7.92. The molecule has 1 aromatic heterocycles. The van der Waals surface area contributed by atoms with Gasteiger partial charge in [0.25, 0.3) is 0 Å². The van der Waals surface area contributed by atoms with Gasteiger partial charge in [0.15, 0.2) is 0 Å². The molecule has 0 fully saturated rings. The number of amides is 2. The van der Waals surface area contributed by atoms with Crippen molar-refractivity contribution in [2.75, 3.05) is 17.2 Å². The number of urea groups is 1. The number of nitrogens with zero attached hydrogens (tertiary/aromatic N) is 3. The Hall–Kier alpha value is -3.04. The summed E-state index contributed by atoms with van der Waals surface area (Å²) in [4.78, 5) is 22.8. The summed E-state index contributed by atoms with van der Waals surface area (Å²) in [5.74, 6) is 0.428. The van der Waals surface area contributed by atoms with Crippen LogP contribution in [0.5, 0.6) is 0 Å². The summed E-state index contributed by atoms with van der Waals surface area (Å²) in [5, 5.41) is 6.55. The van der Waals surface area contributed by atoms with Gasteiger partial charge in [-0.15, -0.1) is 0 Å². The van der Waals surface area contributed by atoms with Crippen LogP contribution in [-0.4, -0.2) is 27.4 Å². The first-order chi connectivity index (χ1) is 15.2. The van der Waals surface area contributed by atoms with Gasteiger partial charge >= 0.3 is 12.2 Å². The molecule has 166 valence electrons. The molecule has 0 bridgehead atoms. The summed E-state index contributed by atoms with van der Waals surface area (Å²) >= 11 is 12.0. The molecule has 0 saturated carbocycles. The maximum Gasteiger partial charge on any atom is 0.416 e. The lowest BCUT2D eigenvalue weighted by Crippen LogP contribution is -2.39. The molecule has 0 aliphatic carbocycles. The van der Waals surface area contributed by atoms with Gasteiger partial charge < -0.3 is 15.5 Å². The number of anilines is 3. The average molecular weight is 482 g/mol. The highest BCUT2D eigenvalue weighted by atomic mass is 35.5. The zero-order valence-corrected chi connectivity index (χ0v) is 17.9. The number of rotatable bonds is 3. The van der Waals surface area contributed by atoms with Crippen LogP contribution in [0.25, 0.3) is 0 Å². The molecule has 1 aliphatic heterocycles. The van der Waals surface area contributed by atoms with E-state index in [-0.39, 0.29) is 12.6 Å². The molecule has 0 unspecified atom stereocenters. The van der Waals surface area contributed by atoms with Crippen LogP contribution in [-0.2, 0) is 19.1 Å². The molecule has 2 aromatic carbocycles. The monoisotopic (exact) mass is 481 g/mol. The summed E-state index contributed by atoms with van der Waals surface area (Å²) in [6.45, 7) is 0.650. The first kappa shape index (κ1) is 22.2. The molecular weight excluding hydrogens is 466 g/mol. The van der Waals surface area contributed by atoms with E-state index < -0.39 is 11.7 Å². The third-order valence-corrected chi connectivity index (χ3v) is 5.48. The van der Waals surface area contributed by atoms with Gasteiger partial charge in [0, 0.05) is 29.2 Å². The molecule has 2 heterocycles. The molecule has 2 amide bonds. The van der Waals surface area contributed by atoms with Crippen LogP contribution >= 0.6 is 23.2 Å². The lowest BCUT2D eigenvalue weighted by molar-refractivity contribution is -0.137. The van der Waals surface area contributed by atoms with Crippen molar-refractivity contribution in [3.05, 3.63) is 75.7 Å². The van der Waals surface area contributed by atoms with Gasteiger partial charge in [0.1, 0.15) is 12.1 Å². The molecule has 2 N–H and O–H groups in total. The number of carbonyl (C=O) groups excluding carboxylic acids is 1. The summed E-state index contributed by atoms with van der Waals surface area (Å²) in [7, 11) is 0. The average Bonchev–Trinajstić information content (AvgIpc) is 2.75. The number of carbonyl (C=O) groups is 1. The molecule has 1 aliphatic rings. The van der Waals surface area contributed by atoms with E-state index in [2.05, 4.69) is 20.6 Å². The molecule has 0 radical (unpaired) electrons. The molecule has 0 spiro atoms. The van der Waals surface area contributed by atoms with Crippen LogP contribution in [0.2, 0.25) is 10.0 Å². The Kier molecular flexibility index (Phi) is 6.12. The summed E-state index contributed by atoms with van der Waals surface area (Å²) in [6.07, 6.45) is -2.52. The molecule has 0 saturated heterocycles. The van der Waals surface area contributed by atoms with Crippen LogP contribution in [0.4, 0.5) is 35.2 Å². The summed E-state index contributed by atoms with van der Waals surface area (Å²) in [6, 6.07) is 9.04. The largest absolute Gasteiger partial charge is 0.416 e. The molecular formula is C21H16Cl2F3N5O. The maximum atomic E-state index is 12.8. The lowest BCUT2D eigenvalue weighted by atomic mass is 10.1. The number of fused-ring (bicyclic) bond motifs is 1. The number of nitrogens with one attached hydrogen (secondary N) is 2. The van der Waals surface area contributed by atoms with Crippen LogP contribution in [0.3, 0.4) is 0 Å². The quantitative estimate of drug-likeness (QED) is 0.471. The summed E-state index contributed by atoms with van der Waals surface area (Å²) in [5.41, 5.74) is 1.59. The van der Waals surface area contributed by atoms with E-state index in [1.807, 2.05) is 0 Å². The van der Waals surface area contributed by atoms with Crippen molar-refractivity contribution in [2.45, 2.75) is 19.1 Å². The first-order valence-electron chi connectivity index (χ1n) is 9.49. The van der Waals surface area contributed by atoms with Crippen LogP contribution < -0.4 is 10.6 Å². The van der Waals surface area contributed by atoms with Crippen molar-refractivity contribution in [2.24, 2.45) is 0 Å². The van der Waals surface area contributed by atoms with Gasteiger partial charge in [-0.2, -0.15) is 13.2 Å². The lowest BCUT2D eigenvalue weighted by Gasteiger charge is -2.29. The molecule has 6 nitrogen and oxygen atoms in total. The van der Waals surface area contributed by atoms with Crippen molar-refractivity contribution in [3.8, 4) is 0 Å². The summed E-state index contributed by atoms with van der Waals surface area (Å²) < 4.78 is 38.4. The van der Waals surface area contributed by atoms with E-state index in [0.717, 1.165) is 17.8 Å². The van der Waals surface area contributed by atoms with E-state index in [1.165, 1.54) is 24.5 Å². The van der Waals surface area contributed by atoms with Crippen molar-refractivity contribution in [1.29, 1.82) is 0 Å². The number of hydrogen-bond donors (Lipinski definition) is 2. The Morgan fingerprint density at radius 2 is 1.81 bits per heavy atom. The SMILES string of the molecule is O=C(Nc1ccc(Cl)cc1Cl)N1CCc2ncnc(Nc3ccc(C(F)(F)F)cc3)c2C1. The Balaban J connectivity index is 1.51. The second-order valence-electron chi connectivity index (χ2n) is 7.07. The second kappa shape index (κ2) is 8.84. The molecule has 3 aromatic rings. The normalized spacial score (nSPS) is 13.5. The van der Waals surface area contributed by atoms with E-state index in [4.69, 9.17) is 23.2 Å². The number of hydrogen-bond acceptors (Lipinski definition) is 4. The number of aromatic nitrogens is 2. The number of alkyl halides is 3. The van der Waals surface area contributed by atoms with Gasteiger partial charge in [-0.1, -0.05) is 23.2 Å². The number of benzene rings is 2. The molecule has 11 heteroatoms. The van der Waals surface area contributed by atoms with E-state index >= 15 is 0 Å². The molecule has 0 atom stereocenters. The fourth-order valence-corrected chi connectivity index (χ4v) is 3.74. The third-order valence-electron chi connectivity index (χ3n) is 4.94. The minimum absolute atomic E-state index is 0.218. The van der Waals surface area contributed by atoms with Crippen LogP contribution in [0, 0.1) is 0 Å². The maximum absolute atomic E-state index is 12.8. The van der Waals surface area contributed by atoms with Crippen molar-refractivity contribution < 1.29 is 18.0 Å². The minimum Gasteiger partial charge on any atom is -0.340 e. The molecule has 32 heavy (non-hydrogen) atoms. The Morgan fingerprint density at radius 1 is 1.06 bits per heavy atom. The van der Waals surface area contributed by atoms with Crippen LogP contribution in [0.1, 0.15) is 16.8 Å². The van der Waals surface area contributed by atoms with Gasteiger partial charge in [-0.05, 0) is 42.5 Å². The third kappa shape index (κ3) is 4.89. The van der Waals surface area contributed by atoms with Crippen molar-refractivity contribution in [1.82, 2.24) is 14.9 Å². The Bertz CT molecular complexity index is 1160. The Morgan fingerprint density at radius 3 is 2.50 bits per heavy atom. The fraction of sp³-hybridized carbons (Fsp3) is 0.190. The van der Waals surface area contributed by atoms with Gasteiger partial charge in [0.05, 0.1) is 28.5 Å². The van der Waals surface area contributed by atoms with Crippen molar-refractivity contribution >= 4 is 46.4 Å². The first-order valence-corrected chi connectivity index (χ1v) is 10.2. The van der Waals surface area contributed by atoms with Gasteiger partial charge in [-0.3, -0.25) is 0 Å². The predicted octanol–water partition coefficient (Wildman–Crippen LogP) is 6.14. The van der Waals surface area contributed by atoms with E-state index in [9.17, 15) is 18.0 Å². The zero-order valence-electron chi connectivity index (χ0n) is 16.4. The highest BCUT2D eigenvalue weighted by Crippen LogP contribution is 2.32. The molecule has 4 rings (SSSR count). The Labute approximate surface area is 191 Å². The number of halogens is 5. The smallest absolute Gasteiger partial charge is 0.340 e.